The molecule has 0 aliphatic carbocycles. The number of aromatic amines is 1. The molecule has 0 spiro atoms. The van der Waals surface area contributed by atoms with Crippen molar-refractivity contribution in [1.82, 2.24) is 34.5 Å². The number of H-pyrrole nitrogens is 1. The van der Waals surface area contributed by atoms with E-state index in [1.165, 1.54) is 4.90 Å². The van der Waals surface area contributed by atoms with Gasteiger partial charge >= 0.3 is 0 Å². The fourth-order valence-corrected chi connectivity index (χ4v) is 5.73. The Balaban J connectivity index is 1.20. The van der Waals surface area contributed by atoms with Gasteiger partial charge in [-0.1, -0.05) is 24.3 Å². The number of nitrogens with zero attached hydrogens (tertiary/aromatic N) is 6. The number of benzene rings is 2. The van der Waals surface area contributed by atoms with Gasteiger partial charge in [-0.15, -0.1) is 0 Å². The standard InChI is InChI=1S/C30H28F2N8O/c1-38-11-9-24(16-38)40-25-13-21(3-2-20(25)12-26(40)29(41)39-17-30(31,32)18-39)28-33-10-8-27(37-28)36-23-6-4-19(5-7-23)22-14-34-35-15-22/h2-8,10,12-15,24H,9,11,16-18H2,1H3,(H,34,35)(H,33,36,37). The molecule has 2 fully saturated rings. The predicted molar refractivity (Wildman–Crippen MR) is 152 cm³/mol. The molecule has 2 N–H and O–H groups in total. The molecular weight excluding hydrogens is 526 g/mol. The first-order valence-corrected chi connectivity index (χ1v) is 13.5. The Morgan fingerprint density at radius 1 is 1.05 bits per heavy atom. The van der Waals surface area contributed by atoms with Gasteiger partial charge in [0.2, 0.25) is 0 Å². The van der Waals surface area contributed by atoms with Crippen molar-refractivity contribution in [1.29, 1.82) is 0 Å². The lowest BCUT2D eigenvalue weighted by Gasteiger charge is -2.38. The summed E-state index contributed by atoms with van der Waals surface area (Å²) >= 11 is 0. The summed E-state index contributed by atoms with van der Waals surface area (Å²) in [4.78, 5) is 26.0. The first-order valence-electron chi connectivity index (χ1n) is 13.5. The van der Waals surface area contributed by atoms with E-state index in [0.29, 0.717) is 17.3 Å². The van der Waals surface area contributed by atoms with Crippen LogP contribution in [0.1, 0.15) is 23.0 Å². The lowest BCUT2D eigenvalue weighted by molar-refractivity contribution is -0.113. The Bertz CT molecular complexity index is 1720. The number of amides is 1. The molecule has 5 heterocycles. The number of likely N-dealkylation sites (tertiary alicyclic amines) is 2. The van der Waals surface area contributed by atoms with Gasteiger partial charge in [-0.3, -0.25) is 9.89 Å². The van der Waals surface area contributed by atoms with E-state index in [2.05, 4.69) is 25.4 Å². The van der Waals surface area contributed by atoms with Crippen LogP contribution in [0.15, 0.2) is 73.2 Å². The molecule has 3 aromatic heterocycles. The van der Waals surface area contributed by atoms with Crippen LogP contribution >= 0.6 is 0 Å². The molecule has 0 radical (unpaired) electrons. The van der Waals surface area contributed by atoms with Crippen molar-refractivity contribution in [2.75, 3.05) is 38.5 Å². The van der Waals surface area contributed by atoms with E-state index < -0.39 is 19.0 Å². The molecule has 2 aromatic carbocycles. The largest absolute Gasteiger partial charge is 0.340 e. The first kappa shape index (κ1) is 25.3. The summed E-state index contributed by atoms with van der Waals surface area (Å²) in [5.74, 6) is -1.98. The maximum atomic E-state index is 13.6. The third-order valence-electron chi connectivity index (χ3n) is 7.83. The second-order valence-corrected chi connectivity index (χ2v) is 10.8. The summed E-state index contributed by atoms with van der Waals surface area (Å²) in [6, 6.07) is 17.5. The van der Waals surface area contributed by atoms with Gasteiger partial charge in [-0.25, -0.2) is 18.7 Å². The zero-order chi connectivity index (χ0) is 28.1. The van der Waals surface area contributed by atoms with E-state index in [4.69, 9.17) is 4.98 Å². The maximum Gasteiger partial charge on any atom is 0.282 e. The molecule has 9 nitrogen and oxygen atoms in total. The van der Waals surface area contributed by atoms with Crippen LogP contribution in [0.2, 0.25) is 0 Å². The predicted octanol–water partition coefficient (Wildman–Crippen LogP) is 5.20. The highest BCUT2D eigenvalue weighted by molar-refractivity contribution is 6.00. The molecule has 2 aliphatic heterocycles. The lowest BCUT2D eigenvalue weighted by atomic mass is 10.1. The Hall–Kier alpha value is -4.64. The third-order valence-corrected chi connectivity index (χ3v) is 7.83. The minimum Gasteiger partial charge on any atom is -0.340 e. The SMILES string of the molecule is CN1CCC(n2c(C(=O)N3CC(F)(F)C3)cc3ccc(-c4nccc(Nc5ccc(-c6cn[nH]c6)cc5)n4)cc32)C1. The first-order chi connectivity index (χ1) is 19.8. The number of carbonyl (C=O) groups excluding carboxylic acids is 1. The van der Waals surface area contributed by atoms with E-state index in [1.54, 1.807) is 12.4 Å². The Labute approximate surface area is 234 Å². The van der Waals surface area contributed by atoms with E-state index in [-0.39, 0.29) is 11.9 Å². The van der Waals surface area contributed by atoms with Crippen LogP contribution in [0.4, 0.5) is 20.3 Å². The van der Waals surface area contributed by atoms with E-state index in [9.17, 15) is 13.6 Å². The number of alkyl halides is 2. The molecule has 41 heavy (non-hydrogen) atoms. The van der Waals surface area contributed by atoms with Gasteiger partial charge in [0.15, 0.2) is 5.82 Å². The maximum absolute atomic E-state index is 13.6. The zero-order valence-electron chi connectivity index (χ0n) is 22.4. The molecule has 208 valence electrons. The molecule has 2 aliphatic rings. The fourth-order valence-electron chi connectivity index (χ4n) is 5.73. The number of nitrogens with one attached hydrogen (secondary N) is 2. The summed E-state index contributed by atoms with van der Waals surface area (Å²) in [7, 11) is 2.05. The van der Waals surface area contributed by atoms with Crippen LogP contribution in [0, 0.1) is 0 Å². The third kappa shape index (κ3) is 4.82. The average molecular weight is 555 g/mol. The second-order valence-electron chi connectivity index (χ2n) is 10.8. The van der Waals surface area contributed by atoms with Gasteiger partial charge in [0.05, 0.1) is 19.3 Å². The fraction of sp³-hybridized carbons (Fsp3) is 0.267. The van der Waals surface area contributed by atoms with Crippen molar-refractivity contribution in [2.24, 2.45) is 0 Å². The highest BCUT2D eigenvalue weighted by Crippen LogP contribution is 2.35. The molecule has 2 saturated heterocycles. The van der Waals surface area contributed by atoms with Crippen LogP contribution in [0.5, 0.6) is 0 Å². The lowest BCUT2D eigenvalue weighted by Crippen LogP contribution is -2.58. The number of hydrogen-bond acceptors (Lipinski definition) is 6. The number of aromatic nitrogens is 5. The summed E-state index contributed by atoms with van der Waals surface area (Å²) in [5.41, 5.74) is 5.07. The highest BCUT2D eigenvalue weighted by Gasteiger charge is 2.47. The minimum atomic E-state index is -2.81. The molecule has 0 saturated carbocycles. The number of halogens is 2. The number of anilines is 2. The highest BCUT2D eigenvalue weighted by atomic mass is 19.3. The van der Waals surface area contributed by atoms with Crippen LogP contribution in [0.3, 0.4) is 0 Å². The van der Waals surface area contributed by atoms with E-state index in [0.717, 1.165) is 52.8 Å². The number of hydrogen-bond donors (Lipinski definition) is 2. The van der Waals surface area contributed by atoms with Crippen molar-refractivity contribution < 1.29 is 13.6 Å². The van der Waals surface area contributed by atoms with E-state index in [1.807, 2.05) is 72.4 Å². The number of carbonyl (C=O) groups is 1. The normalized spacial score (nSPS) is 18.5. The van der Waals surface area contributed by atoms with Crippen LogP contribution in [0.25, 0.3) is 33.4 Å². The van der Waals surface area contributed by atoms with Crippen molar-refractivity contribution >= 4 is 28.3 Å². The number of likely N-dealkylation sites (N-methyl/N-ethyl adjacent to an activating group) is 1. The zero-order valence-corrected chi connectivity index (χ0v) is 22.4. The van der Waals surface area contributed by atoms with Crippen LogP contribution < -0.4 is 5.32 Å². The quantitative estimate of drug-likeness (QED) is 0.300. The number of fused-ring (bicyclic) bond motifs is 1. The monoisotopic (exact) mass is 554 g/mol. The Morgan fingerprint density at radius 3 is 2.56 bits per heavy atom. The molecule has 11 heteroatoms. The van der Waals surface area contributed by atoms with Gasteiger partial charge in [-0.2, -0.15) is 5.10 Å². The van der Waals surface area contributed by atoms with Gasteiger partial charge in [0.25, 0.3) is 11.8 Å². The number of rotatable bonds is 6. The minimum absolute atomic E-state index is 0.0624. The van der Waals surface area contributed by atoms with E-state index >= 15 is 0 Å². The van der Waals surface area contributed by atoms with Crippen molar-refractivity contribution in [3.05, 3.63) is 78.9 Å². The molecule has 1 atom stereocenters. The smallest absolute Gasteiger partial charge is 0.282 e. The van der Waals surface area contributed by atoms with Crippen LogP contribution in [-0.4, -0.2) is 79.6 Å². The second kappa shape index (κ2) is 9.77. The van der Waals surface area contributed by atoms with Gasteiger partial charge in [0, 0.05) is 52.7 Å². The Morgan fingerprint density at radius 2 is 1.85 bits per heavy atom. The molecule has 0 bridgehead atoms. The van der Waals surface area contributed by atoms with Gasteiger partial charge in [-0.05, 0) is 55.9 Å². The topological polar surface area (TPSA) is 95.0 Å². The van der Waals surface area contributed by atoms with Crippen molar-refractivity contribution in [2.45, 2.75) is 18.4 Å². The van der Waals surface area contributed by atoms with Crippen molar-refractivity contribution in [3.8, 4) is 22.5 Å². The summed E-state index contributed by atoms with van der Waals surface area (Å²) < 4.78 is 29.2. The summed E-state index contributed by atoms with van der Waals surface area (Å²) in [5, 5.41) is 11.0. The average Bonchev–Trinajstić information content (AvgIpc) is 3.71. The summed E-state index contributed by atoms with van der Waals surface area (Å²) in [6.07, 6.45) is 6.20. The van der Waals surface area contributed by atoms with Crippen molar-refractivity contribution in [3.63, 3.8) is 0 Å². The molecule has 1 amide bonds. The van der Waals surface area contributed by atoms with Crippen LogP contribution in [-0.2, 0) is 0 Å². The van der Waals surface area contributed by atoms with Gasteiger partial charge in [0.1, 0.15) is 11.5 Å². The molecule has 1 unspecified atom stereocenters. The summed E-state index contributed by atoms with van der Waals surface area (Å²) in [6.45, 7) is 0.602. The Kier molecular flexibility index (Phi) is 6.04. The van der Waals surface area contributed by atoms with Gasteiger partial charge < -0.3 is 19.7 Å². The molecule has 7 rings (SSSR count). The molecule has 5 aromatic rings. The molecular formula is C30H28F2N8O.